The smallest absolute Gasteiger partial charge is 0.0247 e. The number of nitrogens with two attached hydrogens (primary N) is 1. The SMILES string of the molecule is CC1(C)CCCCC1(N)Cc1cccc2ccccc12. The monoisotopic (exact) mass is 267 g/mol. The van der Waals surface area contributed by atoms with Gasteiger partial charge in [0, 0.05) is 5.54 Å². The highest BCUT2D eigenvalue weighted by atomic mass is 14.8. The molecule has 0 aromatic heterocycles. The number of hydrogen-bond donors (Lipinski definition) is 1. The zero-order chi connectivity index (χ0) is 14.2. The van der Waals surface area contributed by atoms with Crippen LogP contribution >= 0.6 is 0 Å². The van der Waals surface area contributed by atoms with Crippen LogP contribution in [0.15, 0.2) is 42.5 Å². The number of fused-ring (bicyclic) bond motifs is 1. The van der Waals surface area contributed by atoms with E-state index in [4.69, 9.17) is 5.73 Å². The molecule has 3 rings (SSSR count). The Kier molecular flexibility index (Phi) is 3.33. The van der Waals surface area contributed by atoms with E-state index in [-0.39, 0.29) is 11.0 Å². The summed E-state index contributed by atoms with van der Waals surface area (Å²) in [6.45, 7) is 4.69. The molecule has 1 heteroatoms. The Hall–Kier alpha value is -1.34. The van der Waals surface area contributed by atoms with Gasteiger partial charge >= 0.3 is 0 Å². The van der Waals surface area contributed by atoms with Gasteiger partial charge in [-0.25, -0.2) is 0 Å². The standard InChI is InChI=1S/C19H25N/c1-18(2)12-5-6-13-19(18,20)14-16-10-7-9-15-8-3-4-11-17(15)16/h3-4,7-11H,5-6,12-14,20H2,1-2H3. The van der Waals surface area contributed by atoms with Crippen LogP contribution in [0.4, 0.5) is 0 Å². The van der Waals surface area contributed by atoms with Gasteiger partial charge in [0.1, 0.15) is 0 Å². The van der Waals surface area contributed by atoms with Crippen molar-refractivity contribution in [3.63, 3.8) is 0 Å². The van der Waals surface area contributed by atoms with E-state index in [2.05, 4.69) is 56.3 Å². The van der Waals surface area contributed by atoms with Crippen LogP contribution in [-0.2, 0) is 6.42 Å². The number of benzene rings is 2. The molecule has 2 aromatic carbocycles. The highest BCUT2D eigenvalue weighted by Gasteiger charge is 2.43. The molecule has 1 unspecified atom stereocenters. The molecular formula is C19H25N. The van der Waals surface area contributed by atoms with Gasteiger partial charge in [-0.05, 0) is 41.0 Å². The molecule has 20 heavy (non-hydrogen) atoms. The normalized spacial score (nSPS) is 25.8. The van der Waals surface area contributed by atoms with Gasteiger partial charge in [0.2, 0.25) is 0 Å². The minimum Gasteiger partial charge on any atom is -0.324 e. The van der Waals surface area contributed by atoms with Crippen LogP contribution in [0.1, 0.15) is 45.1 Å². The molecule has 1 nitrogen and oxygen atoms in total. The predicted octanol–water partition coefficient (Wildman–Crippen LogP) is 4.68. The van der Waals surface area contributed by atoms with Crippen molar-refractivity contribution in [3.05, 3.63) is 48.0 Å². The van der Waals surface area contributed by atoms with Gasteiger partial charge in [-0.2, -0.15) is 0 Å². The summed E-state index contributed by atoms with van der Waals surface area (Å²) in [6.07, 6.45) is 5.96. The average Bonchev–Trinajstić information content (AvgIpc) is 2.43. The van der Waals surface area contributed by atoms with Crippen LogP contribution in [0.5, 0.6) is 0 Å². The van der Waals surface area contributed by atoms with Gasteiger partial charge in [-0.15, -0.1) is 0 Å². The molecule has 0 saturated heterocycles. The summed E-state index contributed by atoms with van der Waals surface area (Å²) in [5.74, 6) is 0. The van der Waals surface area contributed by atoms with E-state index >= 15 is 0 Å². The summed E-state index contributed by atoms with van der Waals surface area (Å²) in [4.78, 5) is 0. The highest BCUT2D eigenvalue weighted by Crippen LogP contribution is 2.44. The summed E-state index contributed by atoms with van der Waals surface area (Å²) in [6, 6.07) is 15.3. The molecule has 2 N–H and O–H groups in total. The van der Waals surface area contributed by atoms with E-state index in [0.717, 1.165) is 12.8 Å². The summed E-state index contributed by atoms with van der Waals surface area (Å²) in [7, 11) is 0. The lowest BCUT2D eigenvalue weighted by molar-refractivity contribution is 0.0993. The van der Waals surface area contributed by atoms with E-state index in [1.165, 1.54) is 35.6 Å². The minimum absolute atomic E-state index is 0.0740. The lowest BCUT2D eigenvalue weighted by Gasteiger charge is -2.48. The molecule has 0 heterocycles. The highest BCUT2D eigenvalue weighted by molar-refractivity contribution is 5.85. The molecule has 1 fully saturated rings. The topological polar surface area (TPSA) is 26.0 Å². The molecule has 1 aliphatic rings. The third-order valence-corrected chi connectivity index (χ3v) is 5.41. The Bertz CT molecular complexity index is 609. The van der Waals surface area contributed by atoms with Crippen LogP contribution in [0.3, 0.4) is 0 Å². The van der Waals surface area contributed by atoms with Crippen molar-refractivity contribution >= 4 is 10.8 Å². The first-order valence-electron chi connectivity index (χ1n) is 7.77. The Labute approximate surface area is 122 Å². The zero-order valence-electron chi connectivity index (χ0n) is 12.7. The van der Waals surface area contributed by atoms with Gasteiger partial charge in [0.15, 0.2) is 0 Å². The van der Waals surface area contributed by atoms with E-state index in [1.807, 2.05) is 0 Å². The quantitative estimate of drug-likeness (QED) is 0.840. The van der Waals surface area contributed by atoms with Crippen molar-refractivity contribution in [1.29, 1.82) is 0 Å². The zero-order valence-corrected chi connectivity index (χ0v) is 12.7. The Balaban J connectivity index is 2.00. The van der Waals surface area contributed by atoms with Crippen molar-refractivity contribution in [2.75, 3.05) is 0 Å². The van der Waals surface area contributed by atoms with E-state index in [0.29, 0.717) is 0 Å². The van der Waals surface area contributed by atoms with Crippen LogP contribution in [0, 0.1) is 5.41 Å². The maximum absolute atomic E-state index is 6.86. The second kappa shape index (κ2) is 4.89. The Morgan fingerprint density at radius 1 is 0.950 bits per heavy atom. The molecule has 0 bridgehead atoms. The van der Waals surface area contributed by atoms with E-state index < -0.39 is 0 Å². The van der Waals surface area contributed by atoms with Crippen LogP contribution in [0.25, 0.3) is 10.8 Å². The summed E-state index contributed by atoms with van der Waals surface area (Å²) >= 11 is 0. The maximum Gasteiger partial charge on any atom is 0.0247 e. The predicted molar refractivity (Wildman–Crippen MR) is 86.8 cm³/mol. The molecule has 0 amide bonds. The molecule has 2 aromatic rings. The van der Waals surface area contributed by atoms with E-state index in [9.17, 15) is 0 Å². The maximum atomic E-state index is 6.86. The summed E-state index contributed by atoms with van der Waals surface area (Å²) < 4.78 is 0. The molecule has 0 radical (unpaired) electrons. The van der Waals surface area contributed by atoms with Gasteiger partial charge in [0.05, 0.1) is 0 Å². The second-order valence-corrected chi connectivity index (χ2v) is 7.06. The van der Waals surface area contributed by atoms with Gasteiger partial charge in [-0.1, -0.05) is 69.2 Å². The molecule has 1 aliphatic carbocycles. The van der Waals surface area contributed by atoms with Crippen LogP contribution < -0.4 is 5.73 Å². The van der Waals surface area contributed by atoms with Crippen LogP contribution in [0.2, 0.25) is 0 Å². The summed E-state index contributed by atoms with van der Waals surface area (Å²) in [5, 5.41) is 2.68. The lowest BCUT2D eigenvalue weighted by Crippen LogP contribution is -2.56. The first-order chi connectivity index (χ1) is 9.52. The van der Waals surface area contributed by atoms with Crippen molar-refractivity contribution in [1.82, 2.24) is 0 Å². The summed E-state index contributed by atoms with van der Waals surface area (Å²) in [5.41, 5.74) is 8.41. The molecule has 0 aliphatic heterocycles. The Morgan fingerprint density at radius 2 is 1.65 bits per heavy atom. The van der Waals surface area contributed by atoms with Crippen molar-refractivity contribution in [3.8, 4) is 0 Å². The fourth-order valence-electron chi connectivity index (χ4n) is 3.71. The first-order valence-corrected chi connectivity index (χ1v) is 7.77. The number of hydrogen-bond acceptors (Lipinski definition) is 1. The molecule has 1 atom stereocenters. The molecule has 0 spiro atoms. The third kappa shape index (κ3) is 2.25. The van der Waals surface area contributed by atoms with Gasteiger partial charge < -0.3 is 5.73 Å². The van der Waals surface area contributed by atoms with Gasteiger partial charge in [-0.3, -0.25) is 0 Å². The second-order valence-electron chi connectivity index (χ2n) is 7.06. The average molecular weight is 267 g/mol. The van der Waals surface area contributed by atoms with Crippen molar-refractivity contribution in [2.45, 2.75) is 51.5 Å². The molecule has 1 saturated carbocycles. The van der Waals surface area contributed by atoms with Crippen LogP contribution in [-0.4, -0.2) is 5.54 Å². The third-order valence-electron chi connectivity index (χ3n) is 5.41. The molecular weight excluding hydrogens is 242 g/mol. The fraction of sp³-hybridized carbons (Fsp3) is 0.474. The van der Waals surface area contributed by atoms with Gasteiger partial charge in [0.25, 0.3) is 0 Å². The Morgan fingerprint density at radius 3 is 2.45 bits per heavy atom. The molecule has 106 valence electrons. The van der Waals surface area contributed by atoms with E-state index in [1.54, 1.807) is 0 Å². The lowest BCUT2D eigenvalue weighted by atomic mass is 9.61. The first kappa shape index (κ1) is 13.6. The fourth-order valence-corrected chi connectivity index (χ4v) is 3.71. The minimum atomic E-state index is -0.0740. The largest absolute Gasteiger partial charge is 0.324 e. The van der Waals surface area contributed by atoms with Crippen molar-refractivity contribution < 1.29 is 0 Å². The van der Waals surface area contributed by atoms with Crippen molar-refractivity contribution in [2.24, 2.45) is 11.1 Å². The number of rotatable bonds is 2.